The van der Waals surface area contributed by atoms with Crippen molar-refractivity contribution in [1.82, 2.24) is 9.55 Å². The lowest BCUT2D eigenvalue weighted by molar-refractivity contribution is -0.117. The number of hydrogen-bond acceptors (Lipinski definition) is 4. The highest BCUT2D eigenvalue weighted by atomic mass is 32.2. The van der Waals surface area contributed by atoms with Crippen molar-refractivity contribution >= 4 is 40.3 Å². The normalized spacial score (nSPS) is 10.8. The zero-order valence-electron chi connectivity index (χ0n) is 14.7. The van der Waals surface area contributed by atoms with E-state index in [4.69, 9.17) is 5.73 Å². The lowest BCUT2D eigenvalue weighted by atomic mass is 10.1. The molecule has 2 aromatic carbocycles. The van der Waals surface area contributed by atoms with Crippen LogP contribution in [0.15, 0.2) is 47.6 Å². The quantitative estimate of drug-likeness (QED) is 0.655. The molecule has 134 valence electrons. The Labute approximate surface area is 155 Å². The first-order valence-electron chi connectivity index (χ1n) is 8.18. The minimum absolute atomic E-state index is 0.107. The molecule has 0 atom stereocenters. The van der Waals surface area contributed by atoms with Crippen molar-refractivity contribution < 1.29 is 9.59 Å². The molecule has 0 unspecified atom stereocenters. The van der Waals surface area contributed by atoms with Gasteiger partial charge in [0.05, 0.1) is 16.8 Å². The lowest BCUT2D eigenvalue weighted by Crippen LogP contribution is -2.21. The van der Waals surface area contributed by atoms with Gasteiger partial charge in [-0.05, 0) is 37.1 Å². The SMILES string of the molecule is Cc1cccc(C)c1NC(=O)Cn1c(SCC(N)=O)nc2ccccc21. The molecule has 0 aliphatic carbocycles. The highest BCUT2D eigenvalue weighted by molar-refractivity contribution is 7.99. The number of nitrogens with one attached hydrogen (secondary N) is 1. The molecule has 0 aliphatic heterocycles. The Morgan fingerprint density at radius 3 is 2.50 bits per heavy atom. The van der Waals surface area contributed by atoms with Crippen LogP contribution >= 0.6 is 11.8 Å². The van der Waals surface area contributed by atoms with E-state index in [2.05, 4.69) is 10.3 Å². The van der Waals surface area contributed by atoms with Crippen LogP contribution in [0, 0.1) is 13.8 Å². The molecule has 0 radical (unpaired) electrons. The summed E-state index contributed by atoms with van der Waals surface area (Å²) < 4.78 is 1.81. The Bertz CT molecular complexity index is 961. The fraction of sp³-hybridized carbons (Fsp3) is 0.211. The van der Waals surface area contributed by atoms with Gasteiger partial charge in [-0.1, -0.05) is 42.1 Å². The molecule has 7 heteroatoms. The number of hydrogen-bond donors (Lipinski definition) is 2. The highest BCUT2D eigenvalue weighted by Crippen LogP contribution is 2.25. The maximum absolute atomic E-state index is 12.7. The Hall–Kier alpha value is -2.80. The second kappa shape index (κ2) is 7.61. The summed E-state index contributed by atoms with van der Waals surface area (Å²) in [6.07, 6.45) is 0. The lowest BCUT2D eigenvalue weighted by Gasteiger charge is -2.13. The van der Waals surface area contributed by atoms with Crippen LogP contribution in [-0.4, -0.2) is 27.1 Å². The van der Waals surface area contributed by atoms with E-state index in [0.29, 0.717) is 5.16 Å². The summed E-state index contributed by atoms with van der Waals surface area (Å²) in [5, 5.41) is 3.58. The number of carbonyl (C=O) groups excluding carboxylic acids is 2. The van der Waals surface area contributed by atoms with Crippen molar-refractivity contribution in [2.45, 2.75) is 25.5 Å². The number of para-hydroxylation sites is 3. The van der Waals surface area contributed by atoms with E-state index in [0.717, 1.165) is 27.8 Å². The van der Waals surface area contributed by atoms with Crippen LogP contribution in [0.25, 0.3) is 11.0 Å². The molecule has 3 N–H and O–H groups in total. The van der Waals surface area contributed by atoms with Crippen LogP contribution in [0.1, 0.15) is 11.1 Å². The molecule has 0 saturated carbocycles. The Morgan fingerprint density at radius 1 is 1.12 bits per heavy atom. The van der Waals surface area contributed by atoms with Gasteiger partial charge in [0, 0.05) is 5.69 Å². The predicted octanol–water partition coefficient (Wildman–Crippen LogP) is 2.87. The average Bonchev–Trinajstić information content (AvgIpc) is 2.94. The fourth-order valence-electron chi connectivity index (χ4n) is 2.79. The molecule has 26 heavy (non-hydrogen) atoms. The maximum Gasteiger partial charge on any atom is 0.244 e. The third-order valence-electron chi connectivity index (χ3n) is 4.01. The molecular weight excluding hydrogens is 348 g/mol. The summed E-state index contributed by atoms with van der Waals surface area (Å²) in [4.78, 5) is 28.3. The standard InChI is InChI=1S/C19H20N4O2S/c1-12-6-5-7-13(2)18(12)22-17(25)10-23-15-9-4-3-8-14(15)21-19(23)26-11-16(20)24/h3-9H,10-11H2,1-2H3,(H2,20,24)(H,22,25). The van der Waals surface area contributed by atoms with Gasteiger partial charge in [-0.25, -0.2) is 4.98 Å². The summed E-state index contributed by atoms with van der Waals surface area (Å²) in [5.74, 6) is -0.456. The molecule has 1 aromatic heterocycles. The molecular formula is C19H20N4O2S. The van der Waals surface area contributed by atoms with Crippen molar-refractivity contribution in [3.8, 4) is 0 Å². The first kappa shape index (κ1) is 18.0. The van der Waals surface area contributed by atoms with Gasteiger partial charge in [-0.15, -0.1) is 0 Å². The molecule has 0 aliphatic rings. The Balaban J connectivity index is 1.88. The van der Waals surface area contributed by atoms with Crippen molar-refractivity contribution in [2.75, 3.05) is 11.1 Å². The van der Waals surface area contributed by atoms with Crippen molar-refractivity contribution in [3.05, 3.63) is 53.6 Å². The average molecular weight is 368 g/mol. The van der Waals surface area contributed by atoms with Gasteiger partial charge in [0.25, 0.3) is 0 Å². The number of anilines is 1. The number of fused-ring (bicyclic) bond motifs is 1. The van der Waals surface area contributed by atoms with Gasteiger partial charge < -0.3 is 15.6 Å². The molecule has 0 fully saturated rings. The largest absolute Gasteiger partial charge is 0.369 e. The topological polar surface area (TPSA) is 90.0 Å². The van der Waals surface area contributed by atoms with E-state index in [1.54, 1.807) is 0 Å². The van der Waals surface area contributed by atoms with Crippen molar-refractivity contribution in [1.29, 1.82) is 0 Å². The summed E-state index contributed by atoms with van der Waals surface area (Å²) in [7, 11) is 0. The molecule has 1 heterocycles. The number of carbonyl (C=O) groups is 2. The first-order valence-corrected chi connectivity index (χ1v) is 9.16. The molecule has 3 rings (SSSR count). The first-order chi connectivity index (χ1) is 12.5. The van der Waals surface area contributed by atoms with E-state index in [1.165, 1.54) is 11.8 Å². The predicted molar refractivity (Wildman–Crippen MR) is 104 cm³/mol. The zero-order valence-corrected chi connectivity index (χ0v) is 15.5. The summed E-state index contributed by atoms with van der Waals surface area (Å²) >= 11 is 1.23. The van der Waals surface area contributed by atoms with Crippen molar-refractivity contribution in [3.63, 3.8) is 0 Å². The zero-order chi connectivity index (χ0) is 18.7. The Morgan fingerprint density at radius 2 is 1.81 bits per heavy atom. The monoisotopic (exact) mass is 368 g/mol. The minimum Gasteiger partial charge on any atom is -0.369 e. The van der Waals surface area contributed by atoms with Gasteiger partial charge in [0.2, 0.25) is 11.8 Å². The van der Waals surface area contributed by atoms with E-state index < -0.39 is 5.91 Å². The number of primary amides is 1. The van der Waals surface area contributed by atoms with Crippen LogP contribution in [0.5, 0.6) is 0 Å². The van der Waals surface area contributed by atoms with Crippen LogP contribution in [0.4, 0.5) is 5.69 Å². The van der Waals surface area contributed by atoms with E-state index in [9.17, 15) is 9.59 Å². The van der Waals surface area contributed by atoms with Gasteiger partial charge in [-0.3, -0.25) is 9.59 Å². The Kier molecular flexibility index (Phi) is 5.27. The van der Waals surface area contributed by atoms with Gasteiger partial charge in [0.1, 0.15) is 6.54 Å². The second-order valence-electron chi connectivity index (χ2n) is 6.04. The molecule has 0 saturated heterocycles. The number of aromatic nitrogens is 2. The van der Waals surface area contributed by atoms with E-state index in [-0.39, 0.29) is 18.2 Å². The number of aryl methyl sites for hydroxylation is 2. The summed E-state index contributed by atoms with van der Waals surface area (Å²) in [5.41, 5.74) is 9.72. The number of nitrogens with zero attached hydrogens (tertiary/aromatic N) is 2. The third-order valence-corrected chi connectivity index (χ3v) is 5.01. The maximum atomic E-state index is 12.7. The number of imidazole rings is 1. The van der Waals surface area contributed by atoms with Crippen LogP contribution in [-0.2, 0) is 16.1 Å². The number of nitrogens with two attached hydrogens (primary N) is 1. The van der Waals surface area contributed by atoms with Gasteiger partial charge >= 0.3 is 0 Å². The fourth-order valence-corrected chi connectivity index (χ4v) is 3.54. The minimum atomic E-state index is -0.423. The molecule has 6 nitrogen and oxygen atoms in total. The molecule has 0 spiro atoms. The summed E-state index contributed by atoms with van der Waals surface area (Å²) in [6.45, 7) is 4.03. The highest BCUT2D eigenvalue weighted by Gasteiger charge is 2.16. The van der Waals surface area contributed by atoms with Crippen LogP contribution in [0.2, 0.25) is 0 Å². The van der Waals surface area contributed by atoms with Crippen molar-refractivity contribution in [2.24, 2.45) is 5.73 Å². The number of amides is 2. The second-order valence-corrected chi connectivity index (χ2v) is 6.98. The third kappa shape index (κ3) is 3.88. The van der Waals surface area contributed by atoms with Crippen LogP contribution in [0.3, 0.4) is 0 Å². The smallest absolute Gasteiger partial charge is 0.244 e. The van der Waals surface area contributed by atoms with E-state index in [1.807, 2.05) is 60.9 Å². The van der Waals surface area contributed by atoms with Gasteiger partial charge in [-0.2, -0.15) is 0 Å². The molecule has 3 aromatic rings. The number of benzene rings is 2. The summed E-state index contributed by atoms with van der Waals surface area (Å²) in [6, 6.07) is 13.5. The number of rotatable bonds is 6. The van der Waals surface area contributed by atoms with E-state index >= 15 is 0 Å². The molecule has 2 amide bonds. The van der Waals surface area contributed by atoms with Crippen LogP contribution < -0.4 is 11.1 Å². The number of thioether (sulfide) groups is 1. The van der Waals surface area contributed by atoms with Gasteiger partial charge in [0.15, 0.2) is 5.16 Å². The molecule has 0 bridgehead atoms.